The Morgan fingerprint density at radius 1 is 0.935 bits per heavy atom. The zero-order valence-electron chi connectivity index (χ0n) is 16.3. The van der Waals surface area contributed by atoms with Crippen LogP contribution in [0.5, 0.6) is 0 Å². The lowest BCUT2D eigenvalue weighted by molar-refractivity contribution is -0.146. The number of aromatic nitrogens is 5. The third kappa shape index (κ3) is 4.10. The van der Waals surface area contributed by atoms with E-state index in [1.807, 2.05) is 35.2 Å². The molecule has 1 aliphatic rings. The Morgan fingerprint density at radius 2 is 1.71 bits per heavy atom. The average Bonchev–Trinajstić information content (AvgIpc) is 3.41. The molecule has 160 valence electrons. The summed E-state index contributed by atoms with van der Waals surface area (Å²) in [7, 11) is 0. The van der Waals surface area contributed by atoms with E-state index in [0.717, 1.165) is 40.4 Å². The molecule has 1 fully saturated rings. The first-order valence-corrected chi connectivity index (χ1v) is 10.6. The number of nitrogens with zero attached hydrogens (tertiary/aromatic N) is 7. The van der Waals surface area contributed by atoms with Gasteiger partial charge in [0.05, 0.1) is 12.2 Å². The number of alkyl halides is 3. The molecule has 0 N–H and O–H groups in total. The summed E-state index contributed by atoms with van der Waals surface area (Å²) in [6.07, 6.45) is -4.60. The first-order valence-electron chi connectivity index (χ1n) is 9.74. The number of hydrogen-bond acceptors (Lipinski definition) is 7. The van der Waals surface area contributed by atoms with Crippen LogP contribution in [0, 0.1) is 0 Å². The van der Waals surface area contributed by atoms with E-state index in [1.165, 1.54) is 6.07 Å². The highest BCUT2D eigenvalue weighted by atomic mass is 32.1. The molecule has 4 aromatic rings. The van der Waals surface area contributed by atoms with Gasteiger partial charge in [0, 0.05) is 37.1 Å². The number of fused-ring (bicyclic) bond motifs is 1. The zero-order valence-corrected chi connectivity index (χ0v) is 17.1. The van der Waals surface area contributed by atoms with E-state index in [9.17, 15) is 13.2 Å². The Bertz CT molecular complexity index is 1180. The Hall–Kier alpha value is -3.05. The van der Waals surface area contributed by atoms with Gasteiger partial charge in [0.1, 0.15) is 10.8 Å². The molecule has 1 aromatic carbocycles. The molecule has 31 heavy (non-hydrogen) atoms. The average molecular weight is 445 g/mol. The van der Waals surface area contributed by atoms with Crippen molar-refractivity contribution >= 4 is 22.8 Å². The van der Waals surface area contributed by atoms with Crippen LogP contribution in [0.4, 0.5) is 19.0 Å². The van der Waals surface area contributed by atoms with E-state index in [1.54, 1.807) is 17.4 Å². The lowest BCUT2D eigenvalue weighted by Crippen LogP contribution is -2.46. The molecular formula is C20H18F3N7S. The van der Waals surface area contributed by atoms with Crippen LogP contribution in [0.15, 0.2) is 47.8 Å². The van der Waals surface area contributed by atoms with Crippen molar-refractivity contribution in [2.24, 2.45) is 0 Å². The standard InChI is InChI=1S/C20H18F3N7S/c21-20(22,23)19-26-25-16-6-7-17(27-30(16)19)29-10-8-28(9-11-29)12-18-24-15(13-31-18)14-4-2-1-3-5-14/h1-7,13H,8-12H2. The molecule has 4 heterocycles. The van der Waals surface area contributed by atoms with Crippen LogP contribution in [0.25, 0.3) is 16.9 Å². The fourth-order valence-electron chi connectivity index (χ4n) is 3.58. The van der Waals surface area contributed by atoms with E-state index in [0.29, 0.717) is 18.9 Å². The van der Waals surface area contributed by atoms with E-state index in [2.05, 4.69) is 25.6 Å². The van der Waals surface area contributed by atoms with Crippen molar-refractivity contribution in [2.45, 2.75) is 12.7 Å². The van der Waals surface area contributed by atoms with E-state index < -0.39 is 12.0 Å². The predicted octanol–water partition coefficient (Wildman–Crippen LogP) is 3.59. The molecule has 0 amide bonds. The van der Waals surface area contributed by atoms with Gasteiger partial charge in [-0.15, -0.1) is 26.6 Å². The van der Waals surface area contributed by atoms with E-state index in [-0.39, 0.29) is 5.65 Å². The minimum Gasteiger partial charge on any atom is -0.353 e. The third-order valence-electron chi connectivity index (χ3n) is 5.18. The first kappa shape index (κ1) is 19.9. The van der Waals surface area contributed by atoms with Crippen LogP contribution in [-0.2, 0) is 12.7 Å². The van der Waals surface area contributed by atoms with Gasteiger partial charge in [-0.2, -0.15) is 17.7 Å². The smallest absolute Gasteiger partial charge is 0.353 e. The fourth-order valence-corrected chi connectivity index (χ4v) is 4.42. The highest BCUT2D eigenvalue weighted by molar-refractivity contribution is 7.09. The topological polar surface area (TPSA) is 62.5 Å². The second-order valence-corrected chi connectivity index (χ2v) is 8.18. The van der Waals surface area contributed by atoms with Crippen molar-refractivity contribution in [1.29, 1.82) is 0 Å². The SMILES string of the molecule is FC(F)(F)c1nnc2ccc(N3CCN(Cc4nc(-c5ccccc5)cs4)CC3)nn12. The molecule has 11 heteroatoms. The van der Waals surface area contributed by atoms with Crippen LogP contribution in [0.3, 0.4) is 0 Å². The van der Waals surface area contributed by atoms with Crippen LogP contribution in [-0.4, -0.2) is 55.9 Å². The van der Waals surface area contributed by atoms with Crippen LogP contribution in [0.1, 0.15) is 10.8 Å². The van der Waals surface area contributed by atoms with Crippen LogP contribution >= 0.6 is 11.3 Å². The number of benzene rings is 1. The molecule has 0 atom stereocenters. The van der Waals surface area contributed by atoms with Gasteiger partial charge < -0.3 is 4.90 Å². The van der Waals surface area contributed by atoms with E-state index in [4.69, 9.17) is 4.98 Å². The summed E-state index contributed by atoms with van der Waals surface area (Å²) in [5, 5.41) is 14.0. The van der Waals surface area contributed by atoms with Crippen molar-refractivity contribution in [3.63, 3.8) is 0 Å². The monoisotopic (exact) mass is 445 g/mol. The normalized spacial score (nSPS) is 15.6. The predicted molar refractivity (Wildman–Crippen MR) is 111 cm³/mol. The van der Waals surface area contributed by atoms with Gasteiger partial charge in [0.2, 0.25) is 0 Å². The third-order valence-corrected chi connectivity index (χ3v) is 6.01. The van der Waals surface area contributed by atoms with Gasteiger partial charge in [-0.05, 0) is 12.1 Å². The molecule has 0 unspecified atom stereocenters. The van der Waals surface area contributed by atoms with Crippen molar-refractivity contribution in [2.75, 3.05) is 31.1 Å². The molecule has 0 radical (unpaired) electrons. The Balaban J connectivity index is 1.24. The molecule has 3 aromatic heterocycles. The number of thiazole rings is 1. The van der Waals surface area contributed by atoms with Crippen molar-refractivity contribution in [1.82, 2.24) is 29.7 Å². The second-order valence-electron chi connectivity index (χ2n) is 7.24. The number of halogens is 3. The fraction of sp³-hybridized carbons (Fsp3) is 0.300. The highest BCUT2D eigenvalue weighted by Gasteiger charge is 2.37. The maximum atomic E-state index is 13.1. The molecule has 0 saturated carbocycles. The molecule has 0 aliphatic carbocycles. The van der Waals surface area contributed by atoms with Gasteiger partial charge in [-0.3, -0.25) is 4.90 Å². The Morgan fingerprint density at radius 3 is 2.45 bits per heavy atom. The van der Waals surface area contributed by atoms with Crippen molar-refractivity contribution in [3.8, 4) is 11.3 Å². The van der Waals surface area contributed by atoms with Gasteiger partial charge in [0.15, 0.2) is 5.65 Å². The quantitative estimate of drug-likeness (QED) is 0.479. The number of rotatable bonds is 4. The summed E-state index contributed by atoms with van der Waals surface area (Å²) in [5.74, 6) is -0.626. The number of hydrogen-bond donors (Lipinski definition) is 0. The summed E-state index contributed by atoms with van der Waals surface area (Å²) in [5.41, 5.74) is 2.15. The zero-order chi connectivity index (χ0) is 21.4. The summed E-state index contributed by atoms with van der Waals surface area (Å²) >= 11 is 1.64. The van der Waals surface area contributed by atoms with Crippen LogP contribution in [0.2, 0.25) is 0 Å². The summed E-state index contributed by atoms with van der Waals surface area (Å²) < 4.78 is 40.1. The van der Waals surface area contributed by atoms with Crippen molar-refractivity contribution < 1.29 is 13.2 Å². The largest absolute Gasteiger partial charge is 0.453 e. The molecule has 1 saturated heterocycles. The number of anilines is 1. The lowest BCUT2D eigenvalue weighted by Gasteiger charge is -2.34. The van der Waals surface area contributed by atoms with Gasteiger partial charge >= 0.3 is 6.18 Å². The highest BCUT2D eigenvalue weighted by Crippen LogP contribution is 2.28. The molecule has 0 spiro atoms. The van der Waals surface area contributed by atoms with Gasteiger partial charge in [-0.1, -0.05) is 30.3 Å². The lowest BCUT2D eigenvalue weighted by atomic mass is 10.2. The maximum Gasteiger partial charge on any atom is 0.453 e. The van der Waals surface area contributed by atoms with E-state index >= 15 is 0 Å². The summed E-state index contributed by atoms with van der Waals surface area (Å²) in [6.45, 7) is 3.63. The molecule has 1 aliphatic heterocycles. The molecule has 0 bridgehead atoms. The first-order chi connectivity index (χ1) is 15.0. The molecular weight excluding hydrogens is 427 g/mol. The Kier molecular flexibility index (Phi) is 5.06. The molecule has 5 rings (SSSR count). The summed E-state index contributed by atoms with van der Waals surface area (Å²) in [6, 6.07) is 13.3. The van der Waals surface area contributed by atoms with Gasteiger partial charge in [-0.25, -0.2) is 4.98 Å². The second kappa shape index (κ2) is 7.89. The van der Waals surface area contributed by atoms with Crippen LogP contribution < -0.4 is 4.90 Å². The minimum absolute atomic E-state index is 0.0766. The molecule has 7 nitrogen and oxygen atoms in total. The number of piperazine rings is 1. The summed E-state index contributed by atoms with van der Waals surface area (Å²) in [4.78, 5) is 9.01. The maximum absolute atomic E-state index is 13.1. The Labute approximate surface area is 179 Å². The minimum atomic E-state index is -4.60. The van der Waals surface area contributed by atoms with Crippen molar-refractivity contribution in [3.05, 3.63) is 58.7 Å². The van der Waals surface area contributed by atoms with Gasteiger partial charge in [0.25, 0.3) is 5.82 Å².